The van der Waals surface area contributed by atoms with Crippen molar-refractivity contribution in [2.45, 2.75) is 33.2 Å². The lowest BCUT2D eigenvalue weighted by atomic mass is 9.83. The molecular weight excluding hydrogens is 322 g/mol. The lowest BCUT2D eigenvalue weighted by molar-refractivity contribution is 0.113. The van der Waals surface area contributed by atoms with E-state index in [0.29, 0.717) is 0 Å². The summed E-state index contributed by atoms with van der Waals surface area (Å²) in [5, 5.41) is 12.9. The molecule has 0 amide bonds. The smallest absolute Gasteiger partial charge is 0.107 e. The van der Waals surface area contributed by atoms with Crippen molar-refractivity contribution in [3.05, 3.63) is 19.8 Å². The molecule has 0 bridgehead atoms. The van der Waals surface area contributed by atoms with Crippen molar-refractivity contribution in [2.75, 3.05) is 13.2 Å². The third-order valence-corrected chi connectivity index (χ3v) is 5.81. The Kier molecular flexibility index (Phi) is 6.45. The third-order valence-electron chi connectivity index (χ3n) is 3.33. The van der Waals surface area contributed by atoms with Crippen LogP contribution in [0.3, 0.4) is 0 Å². The van der Waals surface area contributed by atoms with Crippen molar-refractivity contribution >= 4 is 38.9 Å². The molecule has 98 valence electrons. The second-order valence-corrected chi connectivity index (χ2v) is 6.90. The highest BCUT2D eigenvalue weighted by molar-refractivity contribution is 9.10. The lowest BCUT2D eigenvalue weighted by Crippen LogP contribution is -2.36. The van der Waals surface area contributed by atoms with Crippen molar-refractivity contribution in [1.29, 1.82) is 0 Å². The van der Waals surface area contributed by atoms with E-state index in [1.54, 1.807) is 11.3 Å². The number of aliphatic hydroxyl groups excluding tert-OH is 1. The van der Waals surface area contributed by atoms with Crippen molar-refractivity contribution < 1.29 is 5.11 Å². The molecule has 0 aliphatic rings. The van der Waals surface area contributed by atoms with Gasteiger partial charge in [0, 0.05) is 34.5 Å². The zero-order valence-electron chi connectivity index (χ0n) is 10.2. The highest BCUT2D eigenvalue weighted by atomic mass is 79.9. The predicted molar refractivity (Wildman–Crippen MR) is 78.8 cm³/mol. The maximum Gasteiger partial charge on any atom is 0.107 e. The van der Waals surface area contributed by atoms with Gasteiger partial charge in [-0.3, -0.25) is 0 Å². The number of halogens is 2. The first-order valence-corrected chi connectivity index (χ1v) is 7.81. The molecule has 0 unspecified atom stereocenters. The average Bonchev–Trinajstić information content (AvgIpc) is 2.65. The van der Waals surface area contributed by atoms with Crippen LogP contribution in [0.1, 0.15) is 31.6 Å². The van der Waals surface area contributed by atoms with Crippen molar-refractivity contribution in [1.82, 2.24) is 5.32 Å². The van der Waals surface area contributed by atoms with E-state index in [0.717, 1.165) is 34.7 Å². The Bertz CT molecular complexity index is 325. The van der Waals surface area contributed by atoms with Gasteiger partial charge in [-0.1, -0.05) is 25.4 Å². The summed E-state index contributed by atoms with van der Waals surface area (Å²) in [7, 11) is 0. The van der Waals surface area contributed by atoms with Crippen molar-refractivity contribution in [3.8, 4) is 0 Å². The second-order valence-electron chi connectivity index (χ2n) is 4.30. The summed E-state index contributed by atoms with van der Waals surface area (Å²) in [6, 6.07) is 2.04. The molecule has 1 aromatic heterocycles. The Labute approximate surface area is 121 Å². The molecule has 1 heterocycles. The van der Waals surface area contributed by atoms with E-state index in [9.17, 15) is 5.11 Å². The Hall–Kier alpha value is 0.390. The minimum atomic E-state index is 0.0122. The minimum absolute atomic E-state index is 0.0122. The van der Waals surface area contributed by atoms with Gasteiger partial charge in [0.2, 0.25) is 0 Å². The number of hydrogen-bond acceptors (Lipinski definition) is 3. The van der Waals surface area contributed by atoms with Gasteiger partial charge in [0.25, 0.3) is 0 Å². The monoisotopic (exact) mass is 339 g/mol. The number of aliphatic hydroxyl groups is 1. The third kappa shape index (κ3) is 4.21. The quantitative estimate of drug-likeness (QED) is 0.785. The fraction of sp³-hybridized carbons (Fsp3) is 0.667. The van der Waals surface area contributed by atoms with Crippen LogP contribution in [0.5, 0.6) is 0 Å². The number of nitrogens with one attached hydrogen (secondary N) is 1. The number of thiophene rings is 1. The second kappa shape index (κ2) is 7.10. The molecule has 0 aliphatic carbocycles. The Balaban J connectivity index is 2.46. The largest absolute Gasteiger partial charge is 0.396 e. The van der Waals surface area contributed by atoms with E-state index >= 15 is 0 Å². The maximum absolute atomic E-state index is 9.46. The zero-order valence-corrected chi connectivity index (χ0v) is 13.4. The van der Waals surface area contributed by atoms with Crippen molar-refractivity contribution in [3.63, 3.8) is 0 Å². The van der Waals surface area contributed by atoms with Crippen LogP contribution in [-0.2, 0) is 6.54 Å². The Morgan fingerprint density at radius 2 is 2.12 bits per heavy atom. The van der Waals surface area contributed by atoms with Crippen LogP contribution in [0.15, 0.2) is 10.5 Å². The summed E-state index contributed by atoms with van der Waals surface area (Å²) in [5.74, 6) is 0. The minimum Gasteiger partial charge on any atom is -0.396 e. The van der Waals surface area contributed by atoms with Gasteiger partial charge in [-0.15, -0.1) is 11.3 Å². The molecule has 0 fully saturated rings. The van der Waals surface area contributed by atoms with Gasteiger partial charge in [0.05, 0.1) is 0 Å². The molecule has 0 aromatic carbocycles. The molecule has 17 heavy (non-hydrogen) atoms. The van der Waals surface area contributed by atoms with Crippen LogP contribution in [0.25, 0.3) is 0 Å². The predicted octanol–water partition coefficient (Wildman–Crippen LogP) is 4.05. The molecule has 0 radical (unpaired) electrons. The molecule has 1 rings (SSSR count). The zero-order chi connectivity index (χ0) is 12.9. The molecule has 0 spiro atoms. The standard InChI is InChI=1S/C12H19BrClNOS/c1-3-12(4-2,8-16)7-15-6-9-5-10(13)11(14)17-9/h5,15-16H,3-4,6-8H2,1-2H3. The lowest BCUT2D eigenvalue weighted by Gasteiger charge is -2.29. The van der Waals surface area contributed by atoms with E-state index in [4.69, 9.17) is 11.6 Å². The van der Waals surface area contributed by atoms with Crippen LogP contribution < -0.4 is 5.32 Å². The average molecular weight is 341 g/mol. The summed E-state index contributed by atoms with van der Waals surface area (Å²) < 4.78 is 1.75. The van der Waals surface area contributed by atoms with E-state index in [1.165, 1.54) is 4.88 Å². The first-order valence-electron chi connectivity index (χ1n) is 5.82. The summed E-state index contributed by atoms with van der Waals surface area (Å²) in [5.41, 5.74) is 0.0122. The van der Waals surface area contributed by atoms with E-state index < -0.39 is 0 Å². The molecule has 0 aliphatic heterocycles. The van der Waals surface area contributed by atoms with E-state index in [2.05, 4.69) is 35.1 Å². The first kappa shape index (κ1) is 15.4. The van der Waals surface area contributed by atoms with Crippen LogP contribution in [-0.4, -0.2) is 18.3 Å². The van der Waals surface area contributed by atoms with Gasteiger partial charge >= 0.3 is 0 Å². The van der Waals surface area contributed by atoms with Crippen LogP contribution in [0.2, 0.25) is 4.34 Å². The van der Waals surface area contributed by atoms with Crippen LogP contribution in [0.4, 0.5) is 0 Å². The molecule has 0 atom stereocenters. The molecule has 2 N–H and O–H groups in total. The van der Waals surface area contributed by atoms with Gasteiger partial charge in [0.15, 0.2) is 0 Å². The van der Waals surface area contributed by atoms with Gasteiger partial charge in [-0.05, 0) is 34.8 Å². The molecule has 1 aromatic rings. The van der Waals surface area contributed by atoms with E-state index in [1.807, 2.05) is 6.07 Å². The van der Waals surface area contributed by atoms with Gasteiger partial charge in [-0.25, -0.2) is 0 Å². The Morgan fingerprint density at radius 3 is 2.53 bits per heavy atom. The normalized spacial score (nSPS) is 12.1. The number of hydrogen-bond donors (Lipinski definition) is 2. The Morgan fingerprint density at radius 1 is 1.47 bits per heavy atom. The highest BCUT2D eigenvalue weighted by Gasteiger charge is 2.24. The van der Waals surface area contributed by atoms with Crippen molar-refractivity contribution in [2.24, 2.45) is 5.41 Å². The fourth-order valence-electron chi connectivity index (χ4n) is 1.71. The SMILES string of the molecule is CCC(CC)(CO)CNCc1cc(Br)c(Cl)s1. The summed E-state index contributed by atoms with van der Waals surface area (Å²) >= 11 is 11.0. The summed E-state index contributed by atoms with van der Waals surface area (Å²) in [6.45, 7) is 6.13. The van der Waals surface area contributed by atoms with E-state index in [-0.39, 0.29) is 12.0 Å². The van der Waals surface area contributed by atoms with Gasteiger partial charge < -0.3 is 10.4 Å². The highest BCUT2D eigenvalue weighted by Crippen LogP contribution is 2.32. The van der Waals surface area contributed by atoms with Gasteiger partial charge in [-0.2, -0.15) is 0 Å². The summed E-state index contributed by atoms with van der Waals surface area (Å²) in [4.78, 5) is 1.21. The molecule has 0 saturated carbocycles. The van der Waals surface area contributed by atoms with Crippen LogP contribution in [0, 0.1) is 5.41 Å². The summed E-state index contributed by atoms with van der Waals surface area (Å²) in [6.07, 6.45) is 1.98. The van der Waals surface area contributed by atoms with Crippen LogP contribution >= 0.6 is 38.9 Å². The number of rotatable bonds is 7. The molecule has 2 nitrogen and oxygen atoms in total. The molecule has 5 heteroatoms. The topological polar surface area (TPSA) is 32.3 Å². The fourth-order valence-corrected chi connectivity index (χ4v) is 3.47. The molecule has 0 saturated heterocycles. The van der Waals surface area contributed by atoms with Gasteiger partial charge in [0.1, 0.15) is 4.34 Å². The maximum atomic E-state index is 9.46. The molecular formula is C12H19BrClNOS. The first-order chi connectivity index (χ1) is 8.06.